The summed E-state index contributed by atoms with van der Waals surface area (Å²) in [5.74, 6) is 1.95. The van der Waals surface area contributed by atoms with Crippen molar-refractivity contribution < 1.29 is 0 Å². The SMILES string of the molecule is CCCNC(c1nccn1CCC)C1CCCCC1(C)C. The molecule has 1 aliphatic rings. The fourth-order valence-electron chi connectivity index (χ4n) is 3.88. The Bertz CT molecular complexity index is 422. The molecule has 0 bridgehead atoms. The van der Waals surface area contributed by atoms with E-state index in [1.165, 1.54) is 37.9 Å². The van der Waals surface area contributed by atoms with E-state index < -0.39 is 0 Å². The van der Waals surface area contributed by atoms with Crippen LogP contribution in [0.2, 0.25) is 0 Å². The molecule has 0 radical (unpaired) electrons. The lowest BCUT2D eigenvalue weighted by atomic mass is 9.65. The topological polar surface area (TPSA) is 29.9 Å². The molecule has 1 aromatic heterocycles. The summed E-state index contributed by atoms with van der Waals surface area (Å²) >= 11 is 0. The quantitative estimate of drug-likeness (QED) is 0.798. The first kappa shape index (κ1) is 16.5. The Labute approximate surface area is 130 Å². The second-order valence-corrected chi connectivity index (χ2v) is 7.25. The van der Waals surface area contributed by atoms with Crippen molar-refractivity contribution in [2.45, 2.75) is 78.8 Å². The molecule has 0 spiro atoms. The van der Waals surface area contributed by atoms with Gasteiger partial charge in [0.15, 0.2) is 0 Å². The zero-order valence-corrected chi connectivity index (χ0v) is 14.4. The lowest BCUT2D eigenvalue weighted by Gasteiger charge is -2.43. The molecule has 1 aliphatic carbocycles. The van der Waals surface area contributed by atoms with Crippen molar-refractivity contribution in [1.29, 1.82) is 0 Å². The second-order valence-electron chi connectivity index (χ2n) is 7.25. The molecule has 120 valence electrons. The molecule has 3 heteroatoms. The van der Waals surface area contributed by atoms with Gasteiger partial charge in [-0.25, -0.2) is 4.98 Å². The van der Waals surface area contributed by atoms with Crippen LogP contribution in [-0.4, -0.2) is 16.1 Å². The van der Waals surface area contributed by atoms with Crippen molar-refractivity contribution in [3.63, 3.8) is 0 Å². The van der Waals surface area contributed by atoms with Crippen molar-refractivity contribution in [2.75, 3.05) is 6.54 Å². The van der Waals surface area contributed by atoms with Crippen molar-refractivity contribution >= 4 is 0 Å². The second kappa shape index (κ2) is 7.44. The number of imidazole rings is 1. The predicted octanol–water partition coefficient (Wildman–Crippen LogP) is 4.55. The Balaban J connectivity index is 2.26. The van der Waals surface area contributed by atoms with Gasteiger partial charge in [0, 0.05) is 18.9 Å². The summed E-state index contributed by atoms with van der Waals surface area (Å²) in [6.07, 6.45) is 11.9. The maximum atomic E-state index is 4.73. The Morgan fingerprint density at radius 1 is 1.33 bits per heavy atom. The Morgan fingerprint density at radius 2 is 2.14 bits per heavy atom. The van der Waals surface area contributed by atoms with E-state index in [1.807, 2.05) is 6.20 Å². The van der Waals surface area contributed by atoms with E-state index in [4.69, 9.17) is 4.98 Å². The molecule has 1 saturated carbocycles. The molecule has 0 aliphatic heterocycles. The highest BCUT2D eigenvalue weighted by molar-refractivity contribution is 5.05. The molecule has 1 heterocycles. The molecule has 3 nitrogen and oxygen atoms in total. The smallest absolute Gasteiger partial charge is 0.126 e. The minimum Gasteiger partial charge on any atom is -0.334 e. The highest BCUT2D eigenvalue weighted by Gasteiger charge is 2.39. The molecular weight excluding hydrogens is 258 g/mol. The normalized spacial score (nSPS) is 23.1. The third-order valence-corrected chi connectivity index (χ3v) is 5.10. The number of aryl methyl sites for hydroxylation is 1. The largest absolute Gasteiger partial charge is 0.334 e. The highest BCUT2D eigenvalue weighted by atomic mass is 15.1. The number of aromatic nitrogens is 2. The maximum absolute atomic E-state index is 4.73. The molecule has 0 amide bonds. The molecule has 21 heavy (non-hydrogen) atoms. The Morgan fingerprint density at radius 3 is 2.81 bits per heavy atom. The summed E-state index contributed by atoms with van der Waals surface area (Å²) in [6.45, 7) is 11.5. The van der Waals surface area contributed by atoms with Crippen LogP contribution < -0.4 is 5.32 Å². The van der Waals surface area contributed by atoms with Gasteiger partial charge < -0.3 is 9.88 Å². The fraction of sp³-hybridized carbons (Fsp3) is 0.833. The summed E-state index contributed by atoms with van der Waals surface area (Å²) in [5, 5.41) is 3.81. The fourth-order valence-corrected chi connectivity index (χ4v) is 3.88. The average Bonchev–Trinajstić information content (AvgIpc) is 2.89. The molecule has 2 rings (SSSR count). The molecule has 1 aromatic rings. The lowest BCUT2D eigenvalue weighted by molar-refractivity contribution is 0.0934. The van der Waals surface area contributed by atoms with Crippen LogP contribution in [0.4, 0.5) is 0 Å². The molecule has 0 aromatic carbocycles. The zero-order chi connectivity index (χ0) is 15.3. The van der Waals surface area contributed by atoms with Crippen LogP contribution in [0.25, 0.3) is 0 Å². The van der Waals surface area contributed by atoms with E-state index in [9.17, 15) is 0 Å². The number of nitrogens with zero attached hydrogens (tertiary/aromatic N) is 2. The van der Waals surface area contributed by atoms with Crippen LogP contribution >= 0.6 is 0 Å². The summed E-state index contributed by atoms with van der Waals surface area (Å²) in [5.41, 5.74) is 0.409. The molecule has 1 fully saturated rings. The lowest BCUT2D eigenvalue weighted by Crippen LogP contribution is -2.40. The molecule has 1 N–H and O–H groups in total. The van der Waals surface area contributed by atoms with E-state index >= 15 is 0 Å². The van der Waals surface area contributed by atoms with Gasteiger partial charge in [-0.05, 0) is 43.6 Å². The first-order valence-electron chi connectivity index (χ1n) is 8.84. The van der Waals surface area contributed by atoms with Gasteiger partial charge in [0.25, 0.3) is 0 Å². The van der Waals surface area contributed by atoms with Gasteiger partial charge in [0.1, 0.15) is 5.82 Å². The molecule has 2 atom stereocenters. The van der Waals surface area contributed by atoms with Crippen molar-refractivity contribution in [2.24, 2.45) is 11.3 Å². The van der Waals surface area contributed by atoms with Gasteiger partial charge in [-0.15, -0.1) is 0 Å². The van der Waals surface area contributed by atoms with E-state index in [0.29, 0.717) is 17.4 Å². The van der Waals surface area contributed by atoms with Gasteiger partial charge in [0.2, 0.25) is 0 Å². The average molecular weight is 291 g/mol. The molecule has 2 unspecified atom stereocenters. The standard InChI is InChI=1S/C18H33N3/c1-5-11-19-16(15-9-7-8-10-18(15,3)4)17-20-12-14-21(17)13-6-2/h12,14-16,19H,5-11,13H2,1-4H3. The van der Waals surface area contributed by atoms with E-state index in [2.05, 4.69) is 43.8 Å². The van der Waals surface area contributed by atoms with Crippen molar-refractivity contribution in [3.05, 3.63) is 18.2 Å². The Kier molecular flexibility index (Phi) is 5.86. The summed E-state index contributed by atoms with van der Waals surface area (Å²) < 4.78 is 2.36. The zero-order valence-electron chi connectivity index (χ0n) is 14.4. The van der Waals surface area contributed by atoms with Gasteiger partial charge in [-0.1, -0.05) is 40.5 Å². The third-order valence-electron chi connectivity index (χ3n) is 5.10. The van der Waals surface area contributed by atoms with Crippen LogP contribution in [0.3, 0.4) is 0 Å². The van der Waals surface area contributed by atoms with Crippen molar-refractivity contribution in [3.8, 4) is 0 Å². The van der Waals surface area contributed by atoms with Gasteiger partial charge in [-0.2, -0.15) is 0 Å². The van der Waals surface area contributed by atoms with Crippen LogP contribution in [0.1, 0.15) is 78.1 Å². The number of rotatable bonds is 7. The maximum Gasteiger partial charge on any atom is 0.126 e. The van der Waals surface area contributed by atoms with Gasteiger partial charge in [0.05, 0.1) is 6.04 Å². The summed E-state index contributed by atoms with van der Waals surface area (Å²) in [4.78, 5) is 4.73. The highest BCUT2D eigenvalue weighted by Crippen LogP contribution is 2.46. The number of hydrogen-bond donors (Lipinski definition) is 1. The molecule has 0 saturated heterocycles. The molecular formula is C18H33N3. The van der Waals surface area contributed by atoms with Crippen LogP contribution in [-0.2, 0) is 6.54 Å². The van der Waals surface area contributed by atoms with E-state index in [-0.39, 0.29) is 0 Å². The summed E-state index contributed by atoms with van der Waals surface area (Å²) in [7, 11) is 0. The van der Waals surface area contributed by atoms with Crippen LogP contribution in [0.5, 0.6) is 0 Å². The first-order valence-corrected chi connectivity index (χ1v) is 8.84. The van der Waals surface area contributed by atoms with Gasteiger partial charge in [-0.3, -0.25) is 0 Å². The first-order chi connectivity index (χ1) is 10.1. The van der Waals surface area contributed by atoms with Gasteiger partial charge >= 0.3 is 0 Å². The Hall–Kier alpha value is -0.830. The van der Waals surface area contributed by atoms with Crippen LogP contribution in [0.15, 0.2) is 12.4 Å². The summed E-state index contributed by atoms with van der Waals surface area (Å²) in [6, 6.07) is 0.404. The van der Waals surface area contributed by atoms with Crippen LogP contribution in [0, 0.1) is 11.3 Å². The minimum atomic E-state index is 0.404. The minimum absolute atomic E-state index is 0.404. The van der Waals surface area contributed by atoms with Crippen molar-refractivity contribution in [1.82, 2.24) is 14.9 Å². The third kappa shape index (κ3) is 3.88. The van der Waals surface area contributed by atoms with E-state index in [0.717, 1.165) is 19.5 Å². The monoisotopic (exact) mass is 291 g/mol. The van der Waals surface area contributed by atoms with E-state index in [1.54, 1.807) is 0 Å². The number of hydrogen-bond acceptors (Lipinski definition) is 2. The number of nitrogens with one attached hydrogen (secondary N) is 1. The predicted molar refractivity (Wildman–Crippen MR) is 89.3 cm³/mol.